The van der Waals surface area contributed by atoms with Gasteiger partial charge in [0, 0.05) is 14.4 Å². The van der Waals surface area contributed by atoms with Crippen LogP contribution in [0.25, 0.3) is 5.83 Å². The molecule has 0 unspecified atom stereocenters. The third-order valence-electron chi connectivity index (χ3n) is 7.74. The summed E-state index contributed by atoms with van der Waals surface area (Å²) in [5.41, 5.74) is 1.63. The van der Waals surface area contributed by atoms with Crippen LogP contribution in [0, 0.1) is 11.8 Å². The van der Waals surface area contributed by atoms with E-state index in [0.29, 0.717) is 11.5 Å². The van der Waals surface area contributed by atoms with Gasteiger partial charge in [-0.2, -0.15) is 0 Å². The lowest BCUT2D eigenvalue weighted by molar-refractivity contribution is 0.297. The Balaban J connectivity index is 1.29. The standard InChI is InChI=1S/C26H40F2Si/c1-2-17-29-18-15-22(16-19-29)6-4-3-5-21-7-9-23(10-8-21)24-11-13-25(14-12-24)26(28)20-27/h11-14,20-23,29H,2-10,15-19H2,1H3. The van der Waals surface area contributed by atoms with Gasteiger partial charge in [0.25, 0.3) is 0 Å². The zero-order chi connectivity index (χ0) is 20.5. The van der Waals surface area contributed by atoms with E-state index in [9.17, 15) is 8.78 Å². The maximum absolute atomic E-state index is 13.3. The summed E-state index contributed by atoms with van der Waals surface area (Å²) in [4.78, 5) is 0. The zero-order valence-corrected chi connectivity index (χ0v) is 19.5. The third-order valence-corrected chi connectivity index (χ3v) is 11.4. The van der Waals surface area contributed by atoms with Crippen LogP contribution in [0.4, 0.5) is 8.78 Å². The van der Waals surface area contributed by atoms with Gasteiger partial charge in [-0.25, -0.2) is 8.78 Å². The lowest BCUT2D eigenvalue weighted by atomic mass is 9.77. The van der Waals surface area contributed by atoms with Crippen LogP contribution < -0.4 is 0 Å². The normalized spacial score (nSPS) is 28.4. The number of hydrogen-bond acceptors (Lipinski definition) is 0. The van der Waals surface area contributed by atoms with E-state index in [1.807, 2.05) is 12.1 Å². The Hall–Kier alpha value is -0.963. The summed E-state index contributed by atoms with van der Waals surface area (Å²) in [5, 5.41) is 0. The van der Waals surface area contributed by atoms with Gasteiger partial charge >= 0.3 is 0 Å². The van der Waals surface area contributed by atoms with Crippen molar-refractivity contribution in [2.75, 3.05) is 0 Å². The predicted molar refractivity (Wildman–Crippen MR) is 124 cm³/mol. The van der Waals surface area contributed by atoms with Crippen LogP contribution in [-0.2, 0) is 0 Å². The lowest BCUT2D eigenvalue weighted by Gasteiger charge is -2.29. The molecular formula is C26H40F2Si. The Kier molecular flexibility index (Phi) is 9.42. The highest BCUT2D eigenvalue weighted by atomic mass is 28.3. The van der Waals surface area contributed by atoms with Crippen LogP contribution in [0.2, 0.25) is 18.1 Å². The van der Waals surface area contributed by atoms with Crippen LogP contribution in [0.5, 0.6) is 0 Å². The fraction of sp³-hybridized carbons (Fsp3) is 0.692. The van der Waals surface area contributed by atoms with Gasteiger partial charge in [-0.15, -0.1) is 0 Å². The monoisotopic (exact) mass is 418 g/mol. The molecule has 0 radical (unpaired) electrons. The summed E-state index contributed by atoms with van der Waals surface area (Å²) in [7, 11) is -0.309. The highest BCUT2D eigenvalue weighted by Gasteiger charge is 2.23. The van der Waals surface area contributed by atoms with Crippen LogP contribution >= 0.6 is 0 Å². The third kappa shape index (κ3) is 7.05. The van der Waals surface area contributed by atoms with Crippen LogP contribution in [0.15, 0.2) is 30.6 Å². The number of rotatable bonds is 9. The minimum Gasteiger partial charge on any atom is -0.212 e. The number of benzene rings is 1. The van der Waals surface area contributed by atoms with Gasteiger partial charge in [0.1, 0.15) is 6.33 Å². The molecule has 3 heteroatoms. The van der Waals surface area contributed by atoms with Gasteiger partial charge in [0.15, 0.2) is 5.83 Å². The molecule has 2 aliphatic rings. The van der Waals surface area contributed by atoms with Gasteiger partial charge in [0.05, 0.1) is 0 Å². The van der Waals surface area contributed by atoms with E-state index in [-0.39, 0.29) is 15.1 Å². The van der Waals surface area contributed by atoms with Crippen molar-refractivity contribution in [1.29, 1.82) is 0 Å². The molecule has 3 rings (SSSR count). The predicted octanol–water partition coefficient (Wildman–Crippen LogP) is 8.81. The Bertz CT molecular complexity index is 608. The average molecular weight is 419 g/mol. The topological polar surface area (TPSA) is 0 Å². The Labute approximate surface area is 178 Å². The summed E-state index contributed by atoms with van der Waals surface area (Å²) >= 11 is 0. The average Bonchev–Trinajstić information content (AvgIpc) is 2.78. The first kappa shape index (κ1) is 22.7. The smallest absolute Gasteiger partial charge is 0.158 e. The molecule has 0 bridgehead atoms. The summed E-state index contributed by atoms with van der Waals surface area (Å²) in [6.45, 7) is 2.36. The van der Waals surface area contributed by atoms with Crippen molar-refractivity contribution in [3.05, 3.63) is 41.7 Å². The van der Waals surface area contributed by atoms with E-state index in [0.717, 1.165) is 11.8 Å². The van der Waals surface area contributed by atoms with Crippen molar-refractivity contribution in [1.82, 2.24) is 0 Å². The molecule has 0 atom stereocenters. The van der Waals surface area contributed by atoms with E-state index < -0.39 is 5.83 Å². The molecule has 1 heterocycles. The first-order valence-corrected chi connectivity index (χ1v) is 14.7. The molecule has 1 aromatic carbocycles. The molecule has 1 saturated heterocycles. The molecule has 0 N–H and O–H groups in total. The molecule has 0 spiro atoms. The van der Waals surface area contributed by atoms with Crippen molar-refractivity contribution in [3.63, 3.8) is 0 Å². The second-order valence-electron chi connectivity index (χ2n) is 9.76. The Morgan fingerprint density at radius 2 is 1.52 bits per heavy atom. The van der Waals surface area contributed by atoms with Gasteiger partial charge in [-0.3, -0.25) is 0 Å². The quantitative estimate of drug-likeness (QED) is 0.277. The van der Waals surface area contributed by atoms with Gasteiger partial charge in [-0.1, -0.05) is 94.3 Å². The molecule has 0 amide bonds. The Morgan fingerprint density at radius 1 is 0.931 bits per heavy atom. The number of unbranched alkanes of at least 4 members (excludes halogenated alkanes) is 1. The fourth-order valence-corrected chi connectivity index (χ4v) is 9.41. The van der Waals surface area contributed by atoms with Gasteiger partial charge in [0.2, 0.25) is 0 Å². The van der Waals surface area contributed by atoms with E-state index in [1.54, 1.807) is 43.1 Å². The molecular weight excluding hydrogens is 378 g/mol. The highest BCUT2D eigenvalue weighted by Crippen LogP contribution is 2.38. The molecule has 162 valence electrons. The first-order valence-electron chi connectivity index (χ1n) is 12.3. The minimum absolute atomic E-state index is 0.0411. The molecule has 2 fully saturated rings. The summed E-state index contributed by atoms with van der Waals surface area (Å²) in [6, 6.07) is 12.2. The molecule has 1 aromatic rings. The van der Waals surface area contributed by atoms with Crippen LogP contribution in [0.1, 0.15) is 94.6 Å². The van der Waals surface area contributed by atoms with Crippen LogP contribution in [0.3, 0.4) is 0 Å². The van der Waals surface area contributed by atoms with Gasteiger partial charge < -0.3 is 0 Å². The van der Waals surface area contributed by atoms with Crippen molar-refractivity contribution in [3.8, 4) is 0 Å². The summed E-state index contributed by atoms with van der Waals surface area (Å²) in [6.07, 6.45) is 15.5. The molecule has 1 aliphatic carbocycles. The molecule has 0 aromatic heterocycles. The molecule has 1 aliphatic heterocycles. The van der Waals surface area contributed by atoms with Crippen LogP contribution in [-0.4, -0.2) is 8.80 Å². The summed E-state index contributed by atoms with van der Waals surface area (Å²) in [5.74, 6) is 1.77. The van der Waals surface area contributed by atoms with E-state index in [1.165, 1.54) is 63.4 Å². The number of hydrogen-bond donors (Lipinski definition) is 0. The van der Waals surface area contributed by atoms with E-state index in [4.69, 9.17) is 0 Å². The second kappa shape index (κ2) is 12.0. The van der Waals surface area contributed by atoms with E-state index in [2.05, 4.69) is 6.92 Å². The second-order valence-corrected chi connectivity index (χ2v) is 13.2. The largest absolute Gasteiger partial charge is 0.212 e. The SMILES string of the molecule is CCC[SiH]1CCC(CCCCC2CCC(c3ccc(C(F)=CF)cc3)CC2)CC1. The maximum atomic E-state index is 13.3. The van der Waals surface area contributed by atoms with Crippen molar-refractivity contribution in [2.24, 2.45) is 11.8 Å². The van der Waals surface area contributed by atoms with Crippen molar-refractivity contribution >= 4 is 14.6 Å². The summed E-state index contributed by atoms with van der Waals surface area (Å²) < 4.78 is 25.6. The maximum Gasteiger partial charge on any atom is 0.158 e. The molecule has 0 nitrogen and oxygen atoms in total. The highest BCUT2D eigenvalue weighted by molar-refractivity contribution is 6.58. The first-order chi connectivity index (χ1) is 14.2. The zero-order valence-electron chi connectivity index (χ0n) is 18.4. The van der Waals surface area contributed by atoms with Gasteiger partial charge in [-0.05, 0) is 49.0 Å². The lowest BCUT2D eigenvalue weighted by Crippen LogP contribution is -2.21. The van der Waals surface area contributed by atoms with Crippen molar-refractivity contribution < 1.29 is 8.78 Å². The molecule has 29 heavy (non-hydrogen) atoms. The molecule has 1 saturated carbocycles. The fourth-order valence-electron chi connectivity index (χ4n) is 5.85. The van der Waals surface area contributed by atoms with E-state index >= 15 is 0 Å². The Morgan fingerprint density at radius 3 is 2.07 bits per heavy atom. The number of halogens is 2. The van der Waals surface area contributed by atoms with Crippen molar-refractivity contribution in [2.45, 2.75) is 102 Å². The minimum atomic E-state index is -0.781.